The van der Waals surface area contributed by atoms with Crippen LogP contribution >= 0.6 is 0 Å². The summed E-state index contributed by atoms with van der Waals surface area (Å²) in [4.78, 5) is 2.44. The second kappa shape index (κ2) is 6.86. The van der Waals surface area contributed by atoms with Crippen LogP contribution in [0.2, 0.25) is 0 Å². The summed E-state index contributed by atoms with van der Waals surface area (Å²) < 4.78 is 11.2. The van der Waals surface area contributed by atoms with Gasteiger partial charge < -0.3 is 10.2 Å². The summed E-state index contributed by atoms with van der Waals surface area (Å²) in [5, 5.41) is 3.68. The van der Waals surface area contributed by atoms with E-state index < -0.39 is 10.8 Å². The average molecular weight is 258 g/mol. The second-order valence-corrected chi connectivity index (χ2v) is 7.30. The Labute approximate surface area is 108 Å². The fourth-order valence-corrected chi connectivity index (χ4v) is 3.92. The first-order valence-electron chi connectivity index (χ1n) is 7.05. The monoisotopic (exact) mass is 258 g/mol. The van der Waals surface area contributed by atoms with Crippen molar-refractivity contribution in [2.24, 2.45) is 5.92 Å². The van der Waals surface area contributed by atoms with Gasteiger partial charge in [0.25, 0.3) is 0 Å². The van der Waals surface area contributed by atoms with Gasteiger partial charge in [-0.3, -0.25) is 4.21 Å². The lowest BCUT2D eigenvalue weighted by Gasteiger charge is -2.30. The van der Waals surface area contributed by atoms with E-state index in [1.54, 1.807) is 0 Å². The van der Waals surface area contributed by atoms with E-state index in [9.17, 15) is 4.21 Å². The van der Waals surface area contributed by atoms with Crippen molar-refractivity contribution < 1.29 is 4.21 Å². The van der Waals surface area contributed by atoms with Gasteiger partial charge in [0.2, 0.25) is 0 Å². The molecule has 2 rings (SSSR count). The molecule has 3 nitrogen and oxygen atoms in total. The molecule has 0 bridgehead atoms. The molecule has 0 aromatic carbocycles. The molecule has 0 amide bonds. The van der Waals surface area contributed by atoms with E-state index in [1.165, 1.54) is 25.7 Å². The third-order valence-corrected chi connectivity index (χ3v) is 5.42. The molecule has 2 aliphatic rings. The fourth-order valence-electron chi connectivity index (χ4n) is 2.79. The minimum atomic E-state index is -0.537. The summed E-state index contributed by atoms with van der Waals surface area (Å²) in [6, 6.07) is 0.755. The zero-order valence-electron chi connectivity index (χ0n) is 11.0. The van der Waals surface area contributed by atoms with Crippen LogP contribution in [0.15, 0.2) is 0 Å². The summed E-state index contributed by atoms with van der Waals surface area (Å²) in [6.45, 7) is 6.64. The number of nitrogens with one attached hydrogen (secondary N) is 1. The zero-order chi connectivity index (χ0) is 12.1. The second-order valence-electron chi connectivity index (χ2n) is 5.60. The molecule has 1 saturated heterocycles. The summed E-state index contributed by atoms with van der Waals surface area (Å²) in [5.74, 6) is 2.69. The Morgan fingerprint density at radius 1 is 1.18 bits per heavy atom. The van der Waals surface area contributed by atoms with Crippen molar-refractivity contribution >= 4 is 10.8 Å². The van der Waals surface area contributed by atoms with E-state index in [0.29, 0.717) is 0 Å². The molecule has 0 atom stereocenters. The third-order valence-electron chi connectivity index (χ3n) is 4.15. The topological polar surface area (TPSA) is 32.3 Å². The van der Waals surface area contributed by atoms with Gasteiger partial charge in [0.05, 0.1) is 0 Å². The number of nitrogens with zero attached hydrogens (tertiary/aromatic N) is 1. The van der Waals surface area contributed by atoms with Gasteiger partial charge in [-0.2, -0.15) is 0 Å². The minimum Gasteiger partial charge on any atom is -0.313 e. The average Bonchev–Trinajstić information content (AvgIpc) is 2.34. The highest BCUT2D eigenvalue weighted by Gasteiger charge is 2.18. The lowest BCUT2D eigenvalue weighted by Crippen LogP contribution is -2.43. The Morgan fingerprint density at radius 3 is 2.47 bits per heavy atom. The molecule has 1 aliphatic heterocycles. The predicted octanol–water partition coefficient (Wildman–Crippen LogP) is 1.22. The maximum atomic E-state index is 11.2. The fraction of sp³-hybridized carbons (Fsp3) is 1.00. The lowest BCUT2D eigenvalue weighted by molar-refractivity contribution is 0.267. The molecule has 0 radical (unpaired) electrons. The first-order chi connectivity index (χ1) is 8.24. The van der Waals surface area contributed by atoms with E-state index in [4.69, 9.17) is 0 Å². The van der Waals surface area contributed by atoms with Gasteiger partial charge in [0, 0.05) is 54.5 Å². The van der Waals surface area contributed by atoms with E-state index in [1.807, 2.05) is 0 Å². The Bertz CT molecular complexity index is 242. The van der Waals surface area contributed by atoms with Crippen LogP contribution in [0.25, 0.3) is 0 Å². The van der Waals surface area contributed by atoms with Crippen LogP contribution in [0.3, 0.4) is 0 Å². The number of hydrogen-bond acceptors (Lipinski definition) is 3. The highest BCUT2D eigenvalue weighted by molar-refractivity contribution is 7.85. The summed E-state index contributed by atoms with van der Waals surface area (Å²) in [7, 11) is -0.537. The molecule has 1 N–H and O–H groups in total. The van der Waals surface area contributed by atoms with Crippen molar-refractivity contribution in [1.82, 2.24) is 10.2 Å². The van der Waals surface area contributed by atoms with Crippen molar-refractivity contribution in [2.45, 2.75) is 38.6 Å². The van der Waals surface area contributed by atoms with Crippen molar-refractivity contribution in [2.75, 3.05) is 37.7 Å². The van der Waals surface area contributed by atoms with Gasteiger partial charge in [-0.1, -0.05) is 6.92 Å². The molecular formula is C13H26N2OS. The summed E-state index contributed by atoms with van der Waals surface area (Å²) in [6.07, 6.45) is 5.48. The molecule has 0 unspecified atom stereocenters. The normalized spacial score (nSPS) is 32.8. The van der Waals surface area contributed by atoms with Crippen molar-refractivity contribution in [3.63, 3.8) is 0 Å². The van der Waals surface area contributed by atoms with E-state index in [0.717, 1.165) is 49.6 Å². The molecule has 1 aliphatic carbocycles. The first kappa shape index (κ1) is 13.5. The largest absolute Gasteiger partial charge is 0.313 e. The van der Waals surface area contributed by atoms with E-state index in [-0.39, 0.29) is 0 Å². The number of rotatable bonds is 4. The van der Waals surface area contributed by atoms with E-state index in [2.05, 4.69) is 17.1 Å². The van der Waals surface area contributed by atoms with Gasteiger partial charge in [-0.25, -0.2) is 0 Å². The maximum absolute atomic E-state index is 11.2. The van der Waals surface area contributed by atoms with Crippen LogP contribution in [0.4, 0.5) is 0 Å². The van der Waals surface area contributed by atoms with Crippen molar-refractivity contribution in [3.8, 4) is 0 Å². The van der Waals surface area contributed by atoms with Crippen LogP contribution in [-0.4, -0.2) is 52.8 Å². The maximum Gasteiger partial charge on any atom is 0.0363 e. The molecule has 4 heteroatoms. The molecule has 0 aromatic rings. The zero-order valence-corrected chi connectivity index (χ0v) is 11.8. The van der Waals surface area contributed by atoms with Crippen molar-refractivity contribution in [1.29, 1.82) is 0 Å². The van der Waals surface area contributed by atoms with Gasteiger partial charge in [-0.15, -0.1) is 0 Å². The summed E-state index contributed by atoms with van der Waals surface area (Å²) in [5.41, 5.74) is 0. The van der Waals surface area contributed by atoms with Crippen LogP contribution < -0.4 is 5.32 Å². The molecule has 2 fully saturated rings. The standard InChI is InChI=1S/C13H26N2OS/c1-12-2-4-13(5-3-12)14-6-7-15-8-10-17(16)11-9-15/h12-14H,2-11H2,1H3. The highest BCUT2D eigenvalue weighted by atomic mass is 32.2. The van der Waals surface area contributed by atoms with Crippen LogP contribution in [0.1, 0.15) is 32.6 Å². The molecule has 100 valence electrons. The highest BCUT2D eigenvalue weighted by Crippen LogP contribution is 2.23. The predicted molar refractivity (Wildman–Crippen MR) is 73.7 cm³/mol. The van der Waals surface area contributed by atoms with Gasteiger partial charge in [-0.05, 0) is 31.6 Å². The smallest absolute Gasteiger partial charge is 0.0363 e. The van der Waals surface area contributed by atoms with Crippen LogP contribution in [-0.2, 0) is 10.8 Å². The SMILES string of the molecule is CC1CCC(NCCN2CCS(=O)CC2)CC1. The Morgan fingerprint density at radius 2 is 1.82 bits per heavy atom. The quantitative estimate of drug-likeness (QED) is 0.823. The van der Waals surface area contributed by atoms with Gasteiger partial charge in [0.15, 0.2) is 0 Å². The molecule has 0 aromatic heterocycles. The molecule has 1 heterocycles. The summed E-state index contributed by atoms with van der Waals surface area (Å²) >= 11 is 0. The minimum absolute atomic E-state index is 0.537. The third kappa shape index (κ3) is 4.68. The molecule has 0 spiro atoms. The van der Waals surface area contributed by atoms with Gasteiger partial charge >= 0.3 is 0 Å². The molecular weight excluding hydrogens is 232 g/mol. The van der Waals surface area contributed by atoms with Crippen LogP contribution in [0, 0.1) is 5.92 Å². The van der Waals surface area contributed by atoms with E-state index >= 15 is 0 Å². The lowest BCUT2D eigenvalue weighted by atomic mass is 9.87. The van der Waals surface area contributed by atoms with Crippen molar-refractivity contribution in [3.05, 3.63) is 0 Å². The first-order valence-corrected chi connectivity index (χ1v) is 8.53. The number of hydrogen-bond donors (Lipinski definition) is 1. The molecule has 17 heavy (non-hydrogen) atoms. The molecule has 1 saturated carbocycles. The Kier molecular flexibility index (Phi) is 5.45. The Hall–Kier alpha value is 0.0700. The van der Waals surface area contributed by atoms with Crippen LogP contribution in [0.5, 0.6) is 0 Å². The Balaban J connectivity index is 1.55. The van der Waals surface area contributed by atoms with Gasteiger partial charge in [0.1, 0.15) is 0 Å².